The third-order valence-corrected chi connectivity index (χ3v) is 3.23. The number of aromatic amines is 2. The van der Waals surface area contributed by atoms with Crippen molar-refractivity contribution in [2.75, 3.05) is 24.5 Å². The predicted molar refractivity (Wildman–Crippen MR) is 69.0 cm³/mol. The van der Waals surface area contributed by atoms with Crippen molar-refractivity contribution in [1.82, 2.24) is 20.5 Å². The van der Waals surface area contributed by atoms with Gasteiger partial charge in [0, 0.05) is 19.1 Å². The van der Waals surface area contributed by atoms with Crippen LogP contribution in [0.3, 0.4) is 0 Å². The van der Waals surface area contributed by atoms with Gasteiger partial charge in [0.1, 0.15) is 0 Å². The summed E-state index contributed by atoms with van der Waals surface area (Å²) in [6.07, 6.45) is 3.53. The number of nitrogens with one attached hydrogen (secondary N) is 3. The second-order valence-corrected chi connectivity index (χ2v) is 4.52. The van der Waals surface area contributed by atoms with Gasteiger partial charge in [0.2, 0.25) is 5.82 Å². The molecule has 1 aliphatic rings. The Hall–Kier alpha value is -1.63. The van der Waals surface area contributed by atoms with Crippen molar-refractivity contribution in [2.45, 2.75) is 32.2 Å². The minimum atomic E-state index is -0.574. The second-order valence-electron chi connectivity index (χ2n) is 4.52. The summed E-state index contributed by atoms with van der Waals surface area (Å²) in [4.78, 5) is 26.7. The summed E-state index contributed by atoms with van der Waals surface area (Å²) in [5.74, 6) is 0.282. The van der Waals surface area contributed by atoms with Crippen LogP contribution in [0.25, 0.3) is 0 Å². The van der Waals surface area contributed by atoms with E-state index in [9.17, 15) is 9.59 Å². The molecule has 3 N–H and O–H groups in total. The summed E-state index contributed by atoms with van der Waals surface area (Å²) in [7, 11) is 0. The van der Waals surface area contributed by atoms with Gasteiger partial charge in [-0.05, 0) is 26.3 Å². The van der Waals surface area contributed by atoms with Gasteiger partial charge in [-0.15, -0.1) is 5.10 Å². The zero-order valence-corrected chi connectivity index (χ0v) is 10.5. The van der Waals surface area contributed by atoms with E-state index in [1.807, 2.05) is 11.8 Å². The minimum absolute atomic E-state index is 0.282. The number of H-pyrrole nitrogens is 2. The van der Waals surface area contributed by atoms with Crippen molar-refractivity contribution in [3.05, 3.63) is 20.8 Å². The van der Waals surface area contributed by atoms with E-state index in [0.29, 0.717) is 12.6 Å². The SMILES string of the molecule is CCN(CC1CCCCN1)c1n[nH]c(=O)[nH]c1=O. The maximum Gasteiger partial charge on any atom is 0.342 e. The van der Waals surface area contributed by atoms with Crippen molar-refractivity contribution in [3.8, 4) is 0 Å². The summed E-state index contributed by atoms with van der Waals surface area (Å²) in [6, 6.07) is 0.381. The van der Waals surface area contributed by atoms with Gasteiger partial charge in [0.15, 0.2) is 0 Å². The first-order valence-electron chi connectivity index (χ1n) is 6.38. The molecule has 1 aliphatic heterocycles. The highest BCUT2D eigenvalue weighted by Crippen LogP contribution is 2.10. The van der Waals surface area contributed by atoms with Crippen LogP contribution in [0.5, 0.6) is 0 Å². The van der Waals surface area contributed by atoms with E-state index in [-0.39, 0.29) is 5.82 Å². The number of likely N-dealkylation sites (N-methyl/N-ethyl adjacent to an activating group) is 1. The number of hydrogen-bond acceptors (Lipinski definition) is 5. The van der Waals surface area contributed by atoms with Gasteiger partial charge in [0.05, 0.1) is 0 Å². The fourth-order valence-corrected chi connectivity index (χ4v) is 2.27. The summed E-state index contributed by atoms with van der Waals surface area (Å²) in [6.45, 7) is 4.41. The molecule has 0 amide bonds. The number of piperidine rings is 1. The lowest BCUT2D eigenvalue weighted by molar-refractivity contribution is 0.399. The molecule has 100 valence electrons. The van der Waals surface area contributed by atoms with Gasteiger partial charge >= 0.3 is 5.69 Å². The molecular formula is C11H19N5O2. The molecule has 0 saturated carbocycles. The van der Waals surface area contributed by atoms with E-state index in [2.05, 4.69) is 20.5 Å². The van der Waals surface area contributed by atoms with Crippen LogP contribution < -0.4 is 21.5 Å². The number of aromatic nitrogens is 3. The maximum absolute atomic E-state index is 11.7. The van der Waals surface area contributed by atoms with Gasteiger partial charge in [0.25, 0.3) is 5.56 Å². The molecule has 1 unspecified atom stereocenters. The first-order chi connectivity index (χ1) is 8.70. The fourth-order valence-electron chi connectivity index (χ4n) is 2.27. The molecule has 1 fully saturated rings. The monoisotopic (exact) mass is 253 g/mol. The van der Waals surface area contributed by atoms with Gasteiger partial charge in [-0.25, -0.2) is 9.89 Å². The molecule has 1 saturated heterocycles. The summed E-state index contributed by atoms with van der Waals surface area (Å²) in [5.41, 5.74) is -1.01. The normalized spacial score (nSPS) is 19.7. The zero-order valence-electron chi connectivity index (χ0n) is 10.5. The van der Waals surface area contributed by atoms with E-state index in [1.165, 1.54) is 12.8 Å². The van der Waals surface area contributed by atoms with Crippen molar-refractivity contribution in [2.24, 2.45) is 0 Å². The van der Waals surface area contributed by atoms with Gasteiger partial charge < -0.3 is 10.2 Å². The predicted octanol–water partition coefficient (Wildman–Crippen LogP) is -0.573. The van der Waals surface area contributed by atoms with Crippen LogP contribution >= 0.6 is 0 Å². The van der Waals surface area contributed by atoms with Crippen LogP contribution in [0.15, 0.2) is 9.59 Å². The highest BCUT2D eigenvalue weighted by Gasteiger charge is 2.18. The Bertz CT molecular complexity index is 489. The molecule has 2 rings (SSSR count). The molecule has 1 aromatic rings. The van der Waals surface area contributed by atoms with Crippen LogP contribution in [-0.2, 0) is 0 Å². The van der Waals surface area contributed by atoms with Crippen LogP contribution in [0, 0.1) is 0 Å². The molecule has 7 nitrogen and oxygen atoms in total. The largest absolute Gasteiger partial charge is 0.349 e. The Morgan fingerprint density at radius 1 is 1.39 bits per heavy atom. The second kappa shape index (κ2) is 5.81. The van der Waals surface area contributed by atoms with Gasteiger partial charge in [-0.1, -0.05) is 6.42 Å². The third kappa shape index (κ3) is 2.98. The van der Waals surface area contributed by atoms with Gasteiger partial charge in [-0.2, -0.15) is 0 Å². The van der Waals surface area contributed by atoms with Crippen molar-refractivity contribution in [3.63, 3.8) is 0 Å². The van der Waals surface area contributed by atoms with Crippen molar-refractivity contribution < 1.29 is 0 Å². The first-order valence-corrected chi connectivity index (χ1v) is 6.38. The molecule has 2 heterocycles. The van der Waals surface area contributed by atoms with Crippen molar-refractivity contribution in [1.29, 1.82) is 0 Å². The van der Waals surface area contributed by atoms with Crippen LogP contribution in [0.1, 0.15) is 26.2 Å². The van der Waals surface area contributed by atoms with E-state index in [4.69, 9.17) is 0 Å². The molecule has 0 aromatic carbocycles. The number of anilines is 1. The Labute approximate surface area is 105 Å². The number of nitrogens with zero attached hydrogens (tertiary/aromatic N) is 2. The molecule has 7 heteroatoms. The van der Waals surface area contributed by atoms with Gasteiger partial charge in [-0.3, -0.25) is 9.78 Å². The van der Waals surface area contributed by atoms with E-state index >= 15 is 0 Å². The lowest BCUT2D eigenvalue weighted by atomic mass is 10.0. The molecule has 0 aliphatic carbocycles. The Morgan fingerprint density at radius 3 is 2.83 bits per heavy atom. The van der Waals surface area contributed by atoms with E-state index in [1.54, 1.807) is 0 Å². The molecule has 18 heavy (non-hydrogen) atoms. The minimum Gasteiger partial charge on any atom is -0.349 e. The molecule has 1 atom stereocenters. The maximum atomic E-state index is 11.7. The molecule has 1 aromatic heterocycles. The fraction of sp³-hybridized carbons (Fsp3) is 0.727. The Morgan fingerprint density at radius 2 is 2.22 bits per heavy atom. The van der Waals surface area contributed by atoms with Crippen molar-refractivity contribution >= 4 is 5.82 Å². The standard InChI is InChI=1S/C11H19N5O2/c1-2-16(7-8-5-3-4-6-12-8)9-10(17)13-11(18)15-14-9/h8,12H,2-7H2,1H3,(H2,13,15,17,18). The Balaban J connectivity index is 2.12. The summed E-state index contributed by atoms with van der Waals surface area (Å²) >= 11 is 0. The lowest BCUT2D eigenvalue weighted by Crippen LogP contribution is -2.46. The number of hydrogen-bond donors (Lipinski definition) is 3. The van der Waals surface area contributed by atoms with E-state index in [0.717, 1.165) is 19.5 Å². The molecule has 0 spiro atoms. The Kier molecular flexibility index (Phi) is 4.14. The third-order valence-electron chi connectivity index (χ3n) is 3.23. The quantitative estimate of drug-likeness (QED) is 0.668. The number of rotatable bonds is 4. The lowest BCUT2D eigenvalue weighted by Gasteiger charge is -2.29. The first kappa shape index (κ1) is 12.8. The summed E-state index contributed by atoms with van der Waals surface area (Å²) in [5, 5.41) is 9.53. The molecule has 0 bridgehead atoms. The topological polar surface area (TPSA) is 93.9 Å². The molecular weight excluding hydrogens is 234 g/mol. The smallest absolute Gasteiger partial charge is 0.342 e. The van der Waals surface area contributed by atoms with Crippen LogP contribution in [-0.4, -0.2) is 40.9 Å². The van der Waals surface area contributed by atoms with Crippen LogP contribution in [0.2, 0.25) is 0 Å². The van der Waals surface area contributed by atoms with Crippen LogP contribution in [0.4, 0.5) is 5.82 Å². The highest BCUT2D eigenvalue weighted by atomic mass is 16.2. The summed E-state index contributed by atoms with van der Waals surface area (Å²) < 4.78 is 0. The molecule has 0 radical (unpaired) electrons. The average molecular weight is 253 g/mol. The highest BCUT2D eigenvalue weighted by molar-refractivity contribution is 5.34. The zero-order chi connectivity index (χ0) is 13.0. The van der Waals surface area contributed by atoms with E-state index < -0.39 is 11.2 Å². The average Bonchev–Trinajstić information content (AvgIpc) is 2.38.